The maximum atomic E-state index is 12.7. The molecule has 0 spiro atoms. The lowest BCUT2D eigenvalue weighted by Crippen LogP contribution is -2.43. The van der Waals surface area contributed by atoms with Crippen LogP contribution in [0.4, 0.5) is 10.5 Å². The summed E-state index contributed by atoms with van der Waals surface area (Å²) >= 11 is 0. The van der Waals surface area contributed by atoms with Gasteiger partial charge in [0.25, 0.3) is 11.6 Å². The first-order valence-electron chi connectivity index (χ1n) is 7.99. The molecule has 10 heteroatoms. The summed E-state index contributed by atoms with van der Waals surface area (Å²) in [4.78, 5) is 48.0. The second kappa shape index (κ2) is 6.90. The molecule has 2 heterocycles. The zero-order chi connectivity index (χ0) is 19.6. The third-order valence-electron chi connectivity index (χ3n) is 4.27. The van der Waals surface area contributed by atoms with Gasteiger partial charge in [0.2, 0.25) is 5.91 Å². The van der Waals surface area contributed by atoms with Crippen LogP contribution in [0.2, 0.25) is 0 Å². The number of hydrogen-bond donors (Lipinski definition) is 2. The van der Waals surface area contributed by atoms with Crippen LogP contribution in [0, 0.1) is 10.1 Å². The van der Waals surface area contributed by atoms with Crippen molar-refractivity contribution in [2.45, 2.75) is 19.0 Å². The maximum Gasteiger partial charge on any atom is 0.325 e. The number of carbonyl (C=O) groups is 3. The number of nitro benzene ring substituents is 1. The number of imide groups is 1. The van der Waals surface area contributed by atoms with E-state index < -0.39 is 34.9 Å². The van der Waals surface area contributed by atoms with Crippen molar-refractivity contribution in [3.8, 4) is 0 Å². The lowest BCUT2D eigenvalue weighted by molar-refractivity contribution is -0.384. The first-order chi connectivity index (χ1) is 12.8. The highest BCUT2D eigenvalue weighted by atomic mass is 16.6. The second-order valence-corrected chi connectivity index (χ2v) is 6.11. The van der Waals surface area contributed by atoms with Crippen LogP contribution >= 0.6 is 0 Å². The molecule has 1 aromatic heterocycles. The average molecular weight is 372 g/mol. The highest BCUT2D eigenvalue weighted by molar-refractivity contribution is 6.09. The van der Waals surface area contributed by atoms with Crippen LogP contribution in [0.25, 0.3) is 0 Å². The van der Waals surface area contributed by atoms with E-state index in [9.17, 15) is 24.5 Å². The number of urea groups is 1. The van der Waals surface area contributed by atoms with Gasteiger partial charge in [-0.05, 0) is 36.8 Å². The Kier molecular flexibility index (Phi) is 4.63. The van der Waals surface area contributed by atoms with E-state index in [0.717, 1.165) is 4.90 Å². The lowest BCUT2D eigenvalue weighted by atomic mass is 9.92. The van der Waals surface area contributed by atoms with Gasteiger partial charge in [-0.15, -0.1) is 0 Å². The van der Waals surface area contributed by atoms with Crippen molar-refractivity contribution >= 4 is 23.5 Å². The van der Waals surface area contributed by atoms with Gasteiger partial charge in [0.15, 0.2) is 0 Å². The minimum Gasteiger partial charge on any atom is -0.467 e. The summed E-state index contributed by atoms with van der Waals surface area (Å²) in [6.45, 7) is 1.16. The molecule has 1 aromatic carbocycles. The van der Waals surface area contributed by atoms with Crippen LogP contribution in [0.5, 0.6) is 0 Å². The Labute approximate surface area is 153 Å². The smallest absolute Gasteiger partial charge is 0.325 e. The molecule has 0 unspecified atom stereocenters. The van der Waals surface area contributed by atoms with Gasteiger partial charge in [0, 0.05) is 12.1 Å². The first kappa shape index (κ1) is 18.1. The number of benzene rings is 1. The molecular formula is C17H16N4O6. The van der Waals surface area contributed by atoms with Crippen LogP contribution in [0.3, 0.4) is 0 Å². The summed E-state index contributed by atoms with van der Waals surface area (Å²) in [5, 5.41) is 15.9. The van der Waals surface area contributed by atoms with E-state index in [1.54, 1.807) is 12.1 Å². The van der Waals surface area contributed by atoms with Crippen molar-refractivity contribution in [1.82, 2.24) is 15.5 Å². The van der Waals surface area contributed by atoms with Gasteiger partial charge in [-0.25, -0.2) is 4.79 Å². The standard InChI is InChI=1S/C17H16N4O6/c1-17(11-4-6-12(7-5-11)21(25)26)15(23)20(16(24)19-17)10-14(22)18-9-13-3-2-8-27-13/h2-8H,9-10H2,1H3,(H,18,22)(H,19,24)/t17-/m0/s1. The van der Waals surface area contributed by atoms with E-state index in [-0.39, 0.29) is 12.2 Å². The third kappa shape index (κ3) is 3.50. The molecular weight excluding hydrogens is 356 g/mol. The molecule has 27 heavy (non-hydrogen) atoms. The number of non-ortho nitro benzene ring substituents is 1. The summed E-state index contributed by atoms with van der Waals surface area (Å²) in [6.07, 6.45) is 1.47. The van der Waals surface area contributed by atoms with Gasteiger partial charge in [0.1, 0.15) is 17.8 Å². The molecule has 1 saturated heterocycles. The number of carbonyl (C=O) groups excluding carboxylic acids is 3. The zero-order valence-electron chi connectivity index (χ0n) is 14.3. The van der Waals surface area contributed by atoms with Gasteiger partial charge in [-0.3, -0.25) is 24.6 Å². The summed E-state index contributed by atoms with van der Waals surface area (Å²) < 4.78 is 5.09. The van der Waals surface area contributed by atoms with Crippen LogP contribution in [0.15, 0.2) is 47.1 Å². The SMILES string of the molecule is C[C@@]1(c2ccc([N+](=O)[O-])cc2)NC(=O)N(CC(=O)NCc2ccco2)C1=O. The Morgan fingerprint density at radius 1 is 1.30 bits per heavy atom. The summed E-state index contributed by atoms with van der Waals surface area (Å²) in [5.41, 5.74) is -1.16. The number of nitro groups is 1. The zero-order valence-corrected chi connectivity index (χ0v) is 14.3. The van der Waals surface area contributed by atoms with Gasteiger partial charge in [-0.2, -0.15) is 0 Å². The second-order valence-electron chi connectivity index (χ2n) is 6.11. The van der Waals surface area contributed by atoms with Gasteiger partial charge in [-0.1, -0.05) is 0 Å². The molecule has 1 aliphatic heterocycles. The minimum atomic E-state index is -1.41. The minimum absolute atomic E-state index is 0.131. The Balaban J connectivity index is 1.69. The predicted molar refractivity (Wildman–Crippen MR) is 91.2 cm³/mol. The molecule has 2 aromatic rings. The Bertz CT molecular complexity index is 893. The van der Waals surface area contributed by atoms with Crippen molar-refractivity contribution in [2.75, 3.05) is 6.54 Å². The van der Waals surface area contributed by atoms with Crippen molar-refractivity contribution in [3.63, 3.8) is 0 Å². The van der Waals surface area contributed by atoms with E-state index in [1.807, 2.05) is 0 Å². The molecule has 1 aliphatic rings. The number of rotatable bonds is 6. The third-order valence-corrected chi connectivity index (χ3v) is 4.27. The average Bonchev–Trinajstić information content (AvgIpc) is 3.23. The molecule has 4 amide bonds. The largest absolute Gasteiger partial charge is 0.467 e. The van der Waals surface area contributed by atoms with Crippen LogP contribution < -0.4 is 10.6 Å². The molecule has 140 valence electrons. The number of hydrogen-bond acceptors (Lipinski definition) is 6. The van der Waals surface area contributed by atoms with Crippen LogP contribution in [-0.2, 0) is 21.7 Å². The van der Waals surface area contributed by atoms with E-state index in [4.69, 9.17) is 4.42 Å². The lowest BCUT2D eigenvalue weighted by Gasteiger charge is -2.22. The van der Waals surface area contributed by atoms with Gasteiger partial charge in [0.05, 0.1) is 17.7 Å². The summed E-state index contributed by atoms with van der Waals surface area (Å²) in [6, 6.07) is 7.94. The van der Waals surface area contributed by atoms with Crippen molar-refractivity contribution in [2.24, 2.45) is 0 Å². The number of nitrogens with one attached hydrogen (secondary N) is 2. The topological polar surface area (TPSA) is 135 Å². The van der Waals surface area contributed by atoms with Crippen molar-refractivity contribution < 1.29 is 23.7 Å². The van der Waals surface area contributed by atoms with Crippen LogP contribution in [0.1, 0.15) is 18.2 Å². The van der Waals surface area contributed by atoms with Gasteiger partial charge >= 0.3 is 6.03 Å². The summed E-state index contributed by atoms with van der Waals surface area (Å²) in [5.74, 6) is -0.603. The molecule has 10 nitrogen and oxygen atoms in total. The van der Waals surface area contributed by atoms with E-state index in [0.29, 0.717) is 11.3 Å². The molecule has 3 rings (SSSR count). The fraction of sp³-hybridized carbons (Fsp3) is 0.235. The molecule has 1 atom stereocenters. The number of amides is 4. The Morgan fingerprint density at radius 2 is 2.00 bits per heavy atom. The van der Waals surface area contributed by atoms with E-state index >= 15 is 0 Å². The number of nitrogens with zero attached hydrogens (tertiary/aromatic N) is 2. The van der Waals surface area contributed by atoms with E-state index in [2.05, 4.69) is 10.6 Å². The molecule has 2 N–H and O–H groups in total. The molecule has 0 saturated carbocycles. The Morgan fingerprint density at radius 3 is 2.59 bits per heavy atom. The summed E-state index contributed by atoms with van der Waals surface area (Å²) in [7, 11) is 0. The molecule has 0 bridgehead atoms. The molecule has 0 aliphatic carbocycles. The quantitative estimate of drug-likeness (QED) is 0.445. The normalized spacial score (nSPS) is 19.1. The first-order valence-corrected chi connectivity index (χ1v) is 7.99. The predicted octanol–water partition coefficient (Wildman–Crippen LogP) is 1.27. The fourth-order valence-electron chi connectivity index (χ4n) is 2.75. The molecule has 0 radical (unpaired) electrons. The van der Waals surface area contributed by atoms with Gasteiger partial charge < -0.3 is 15.1 Å². The monoisotopic (exact) mass is 372 g/mol. The highest BCUT2D eigenvalue weighted by Gasteiger charge is 2.49. The van der Waals surface area contributed by atoms with E-state index in [1.165, 1.54) is 37.5 Å². The van der Waals surface area contributed by atoms with Crippen LogP contribution in [-0.4, -0.2) is 34.2 Å². The highest BCUT2D eigenvalue weighted by Crippen LogP contribution is 2.29. The maximum absolute atomic E-state index is 12.7. The Hall–Kier alpha value is -3.69. The number of furan rings is 1. The fourth-order valence-corrected chi connectivity index (χ4v) is 2.75. The van der Waals surface area contributed by atoms with Crippen molar-refractivity contribution in [3.05, 3.63) is 64.1 Å². The molecule has 1 fully saturated rings. The van der Waals surface area contributed by atoms with Crippen molar-refractivity contribution in [1.29, 1.82) is 0 Å².